The van der Waals surface area contributed by atoms with Crippen LogP contribution in [-0.4, -0.2) is 64.9 Å². The van der Waals surface area contributed by atoms with Crippen LogP contribution in [0.15, 0.2) is 60.8 Å². The van der Waals surface area contributed by atoms with E-state index in [0.29, 0.717) is 6.04 Å². The maximum absolute atomic E-state index is 14.2. The van der Waals surface area contributed by atoms with E-state index in [1.165, 1.54) is 24.0 Å². The Balaban J connectivity index is 1.21. The van der Waals surface area contributed by atoms with Crippen molar-refractivity contribution in [1.82, 2.24) is 19.6 Å². The van der Waals surface area contributed by atoms with E-state index in [1.807, 2.05) is 29.9 Å². The molecule has 2 aliphatic rings. The van der Waals surface area contributed by atoms with Crippen LogP contribution in [0.4, 0.5) is 10.1 Å². The van der Waals surface area contributed by atoms with E-state index >= 15 is 0 Å². The first-order chi connectivity index (χ1) is 15.7. The SMILES string of the molecule is Cn1cc(CN2CCC[C@@H](N3CCN(c4ccccc4F)CC3)C2)c(-c2ccccc2)n1. The Morgan fingerprint density at radius 3 is 2.47 bits per heavy atom. The first-order valence-electron chi connectivity index (χ1n) is 11.7. The third kappa shape index (κ3) is 4.57. The minimum atomic E-state index is -0.115. The molecule has 0 N–H and O–H groups in total. The molecule has 0 spiro atoms. The van der Waals surface area contributed by atoms with Crippen molar-refractivity contribution >= 4 is 5.69 Å². The van der Waals surface area contributed by atoms with E-state index in [2.05, 4.69) is 45.2 Å². The van der Waals surface area contributed by atoms with Crippen LogP contribution in [0, 0.1) is 5.82 Å². The van der Waals surface area contributed by atoms with E-state index in [0.717, 1.165) is 57.2 Å². The maximum Gasteiger partial charge on any atom is 0.146 e. The second kappa shape index (κ2) is 9.43. The van der Waals surface area contributed by atoms with Gasteiger partial charge in [-0.25, -0.2) is 4.39 Å². The summed E-state index contributed by atoms with van der Waals surface area (Å²) >= 11 is 0. The van der Waals surface area contributed by atoms with Gasteiger partial charge in [0, 0.05) is 69.7 Å². The van der Waals surface area contributed by atoms with Crippen molar-refractivity contribution in [3.63, 3.8) is 0 Å². The largest absolute Gasteiger partial charge is 0.367 e. The van der Waals surface area contributed by atoms with Crippen molar-refractivity contribution in [3.8, 4) is 11.3 Å². The second-order valence-corrected chi connectivity index (χ2v) is 9.05. The molecule has 168 valence electrons. The lowest BCUT2D eigenvalue weighted by Crippen LogP contribution is -2.55. The van der Waals surface area contributed by atoms with Crippen LogP contribution < -0.4 is 4.90 Å². The molecule has 0 saturated carbocycles. The molecule has 1 atom stereocenters. The van der Waals surface area contributed by atoms with E-state index in [1.54, 1.807) is 12.1 Å². The van der Waals surface area contributed by atoms with Gasteiger partial charge in [0.15, 0.2) is 0 Å². The van der Waals surface area contributed by atoms with Gasteiger partial charge in [0.25, 0.3) is 0 Å². The molecule has 0 radical (unpaired) electrons. The molecular weight excluding hydrogens is 401 g/mol. The Morgan fingerprint density at radius 1 is 0.938 bits per heavy atom. The average molecular weight is 434 g/mol. The van der Waals surface area contributed by atoms with Crippen LogP contribution in [0.1, 0.15) is 18.4 Å². The second-order valence-electron chi connectivity index (χ2n) is 9.05. The number of nitrogens with zero attached hydrogens (tertiary/aromatic N) is 5. The molecular formula is C26H32FN5. The summed E-state index contributed by atoms with van der Waals surface area (Å²) in [4.78, 5) is 7.39. The number of anilines is 1. The van der Waals surface area contributed by atoms with E-state index in [-0.39, 0.29) is 5.82 Å². The van der Waals surface area contributed by atoms with E-state index in [4.69, 9.17) is 5.10 Å². The molecule has 0 bridgehead atoms. The number of hydrogen-bond acceptors (Lipinski definition) is 4. The predicted molar refractivity (Wildman–Crippen MR) is 127 cm³/mol. The van der Waals surface area contributed by atoms with Crippen LogP contribution in [0.2, 0.25) is 0 Å². The van der Waals surface area contributed by atoms with E-state index < -0.39 is 0 Å². The monoisotopic (exact) mass is 433 g/mol. The van der Waals surface area contributed by atoms with Crippen LogP contribution in [0.3, 0.4) is 0 Å². The standard InChI is InChI=1S/C26H32FN5/c1-29-18-22(26(28-29)21-8-3-2-4-9-21)19-30-13-7-10-23(20-30)31-14-16-32(17-15-31)25-12-6-5-11-24(25)27/h2-6,8-9,11-12,18,23H,7,10,13-17,19-20H2,1H3/t23-/m1/s1. The highest BCUT2D eigenvalue weighted by Crippen LogP contribution is 2.26. The molecule has 32 heavy (non-hydrogen) atoms. The first kappa shape index (κ1) is 21.2. The smallest absolute Gasteiger partial charge is 0.146 e. The number of piperazine rings is 1. The molecule has 3 aromatic rings. The summed E-state index contributed by atoms with van der Waals surface area (Å²) in [6.07, 6.45) is 4.63. The quantitative estimate of drug-likeness (QED) is 0.608. The highest BCUT2D eigenvalue weighted by Gasteiger charge is 2.29. The summed E-state index contributed by atoms with van der Waals surface area (Å²) < 4.78 is 16.1. The van der Waals surface area contributed by atoms with Crippen molar-refractivity contribution in [3.05, 3.63) is 72.2 Å². The van der Waals surface area contributed by atoms with Crippen LogP contribution in [0.25, 0.3) is 11.3 Å². The van der Waals surface area contributed by atoms with Gasteiger partial charge in [-0.05, 0) is 31.5 Å². The molecule has 5 nitrogen and oxygen atoms in total. The molecule has 3 heterocycles. The summed E-state index contributed by atoms with van der Waals surface area (Å²) in [5.41, 5.74) is 4.31. The summed E-state index contributed by atoms with van der Waals surface area (Å²) in [7, 11) is 2.00. The minimum Gasteiger partial charge on any atom is -0.367 e. The number of para-hydroxylation sites is 1. The summed E-state index contributed by atoms with van der Waals surface area (Å²) in [5.74, 6) is -0.115. The van der Waals surface area contributed by atoms with Crippen molar-refractivity contribution in [2.75, 3.05) is 44.2 Å². The van der Waals surface area contributed by atoms with Gasteiger partial charge in [-0.2, -0.15) is 5.10 Å². The highest BCUT2D eigenvalue weighted by molar-refractivity contribution is 5.62. The van der Waals surface area contributed by atoms with Crippen molar-refractivity contribution in [2.45, 2.75) is 25.4 Å². The van der Waals surface area contributed by atoms with Crippen molar-refractivity contribution in [1.29, 1.82) is 0 Å². The molecule has 2 saturated heterocycles. The topological polar surface area (TPSA) is 27.5 Å². The molecule has 1 aromatic heterocycles. The summed E-state index contributed by atoms with van der Waals surface area (Å²) in [6.45, 7) is 6.92. The number of hydrogen-bond donors (Lipinski definition) is 0. The number of benzene rings is 2. The Kier molecular flexibility index (Phi) is 6.23. The van der Waals surface area contributed by atoms with Crippen LogP contribution in [0.5, 0.6) is 0 Å². The van der Waals surface area contributed by atoms with Crippen LogP contribution in [-0.2, 0) is 13.6 Å². The zero-order valence-electron chi connectivity index (χ0n) is 18.8. The predicted octanol–water partition coefficient (Wildman–Crippen LogP) is 4.01. The van der Waals surface area contributed by atoms with Gasteiger partial charge < -0.3 is 4.90 Å². The van der Waals surface area contributed by atoms with Gasteiger partial charge in [0.05, 0.1) is 11.4 Å². The average Bonchev–Trinajstić information content (AvgIpc) is 3.20. The van der Waals surface area contributed by atoms with Crippen molar-refractivity contribution in [2.24, 2.45) is 7.05 Å². The van der Waals surface area contributed by atoms with Crippen LogP contribution >= 0.6 is 0 Å². The van der Waals surface area contributed by atoms with Gasteiger partial charge in [-0.15, -0.1) is 0 Å². The number of piperidine rings is 1. The Labute approximate surface area is 190 Å². The number of aryl methyl sites for hydroxylation is 1. The fourth-order valence-corrected chi connectivity index (χ4v) is 5.24. The van der Waals surface area contributed by atoms with Crippen molar-refractivity contribution < 1.29 is 4.39 Å². The van der Waals surface area contributed by atoms with Gasteiger partial charge in [-0.3, -0.25) is 14.5 Å². The third-order valence-corrected chi connectivity index (χ3v) is 6.85. The molecule has 2 aliphatic heterocycles. The molecule has 5 rings (SSSR count). The normalized spacial score (nSPS) is 20.6. The number of rotatable bonds is 5. The van der Waals surface area contributed by atoms with Gasteiger partial charge in [0.2, 0.25) is 0 Å². The molecule has 0 unspecified atom stereocenters. The highest BCUT2D eigenvalue weighted by atomic mass is 19.1. The Bertz CT molecular complexity index is 1030. The first-order valence-corrected chi connectivity index (χ1v) is 11.7. The molecule has 6 heteroatoms. The molecule has 2 fully saturated rings. The summed E-state index contributed by atoms with van der Waals surface area (Å²) in [5, 5.41) is 4.74. The molecule has 0 amide bonds. The fourth-order valence-electron chi connectivity index (χ4n) is 5.24. The van der Waals surface area contributed by atoms with Gasteiger partial charge in [0.1, 0.15) is 5.82 Å². The Hall–Kier alpha value is -2.70. The maximum atomic E-state index is 14.2. The number of likely N-dealkylation sites (tertiary alicyclic amines) is 1. The zero-order valence-corrected chi connectivity index (χ0v) is 18.8. The molecule has 2 aromatic carbocycles. The zero-order chi connectivity index (χ0) is 21.9. The number of aromatic nitrogens is 2. The van der Waals surface area contributed by atoms with E-state index in [9.17, 15) is 4.39 Å². The lowest BCUT2D eigenvalue weighted by molar-refractivity contribution is 0.0887. The fraction of sp³-hybridized carbons (Fsp3) is 0.423. The summed E-state index contributed by atoms with van der Waals surface area (Å²) in [6, 6.07) is 18.2. The lowest BCUT2D eigenvalue weighted by atomic mass is 10.0. The number of halogens is 1. The lowest BCUT2D eigenvalue weighted by Gasteiger charge is -2.44. The third-order valence-electron chi connectivity index (χ3n) is 6.85. The van der Waals surface area contributed by atoms with Gasteiger partial charge in [-0.1, -0.05) is 42.5 Å². The van der Waals surface area contributed by atoms with Gasteiger partial charge >= 0.3 is 0 Å². The molecule has 0 aliphatic carbocycles. The Morgan fingerprint density at radius 2 is 1.69 bits per heavy atom. The minimum absolute atomic E-state index is 0.115.